The lowest BCUT2D eigenvalue weighted by atomic mass is 10.0. The summed E-state index contributed by atoms with van der Waals surface area (Å²) in [4.78, 5) is 2.55. The minimum atomic E-state index is 0.476. The lowest BCUT2D eigenvalue weighted by Gasteiger charge is -2.33. The Morgan fingerprint density at radius 2 is 2.19 bits per heavy atom. The molecule has 1 aliphatic heterocycles. The standard InChI is InChI=1S/C13H28N2O/c1-5-15(10-13-7-6-8-16-13)12(3)11(2)9-14-4/h11-14H,5-10H2,1-4H3. The van der Waals surface area contributed by atoms with Gasteiger partial charge in [-0.2, -0.15) is 0 Å². The van der Waals surface area contributed by atoms with Gasteiger partial charge in [-0.25, -0.2) is 0 Å². The van der Waals surface area contributed by atoms with Gasteiger partial charge in [-0.3, -0.25) is 4.90 Å². The number of ether oxygens (including phenoxy) is 1. The summed E-state index contributed by atoms with van der Waals surface area (Å²) < 4.78 is 5.72. The second-order valence-electron chi connectivity index (χ2n) is 5.00. The third-order valence-corrected chi connectivity index (χ3v) is 3.79. The van der Waals surface area contributed by atoms with Crippen molar-refractivity contribution in [2.75, 3.05) is 33.3 Å². The Hall–Kier alpha value is -0.120. The van der Waals surface area contributed by atoms with Crippen LogP contribution >= 0.6 is 0 Å². The van der Waals surface area contributed by atoms with Gasteiger partial charge in [0.05, 0.1) is 6.10 Å². The third-order valence-electron chi connectivity index (χ3n) is 3.79. The monoisotopic (exact) mass is 228 g/mol. The number of hydrogen-bond donors (Lipinski definition) is 1. The SMILES string of the molecule is CCN(CC1CCCO1)C(C)C(C)CNC. The highest BCUT2D eigenvalue weighted by Gasteiger charge is 2.23. The van der Waals surface area contributed by atoms with Gasteiger partial charge in [0, 0.05) is 19.2 Å². The molecule has 1 saturated heterocycles. The lowest BCUT2D eigenvalue weighted by molar-refractivity contribution is 0.0520. The lowest BCUT2D eigenvalue weighted by Crippen LogP contribution is -2.44. The molecular formula is C13H28N2O. The van der Waals surface area contributed by atoms with Gasteiger partial charge in [0.25, 0.3) is 0 Å². The van der Waals surface area contributed by atoms with E-state index in [-0.39, 0.29) is 0 Å². The minimum absolute atomic E-state index is 0.476. The highest BCUT2D eigenvalue weighted by molar-refractivity contribution is 4.77. The van der Waals surface area contributed by atoms with Crippen LogP contribution in [0.5, 0.6) is 0 Å². The van der Waals surface area contributed by atoms with Crippen molar-refractivity contribution in [2.45, 2.75) is 45.8 Å². The second-order valence-corrected chi connectivity index (χ2v) is 5.00. The summed E-state index contributed by atoms with van der Waals surface area (Å²) in [6.45, 7) is 11.2. The zero-order valence-corrected chi connectivity index (χ0v) is 11.3. The molecule has 0 bridgehead atoms. The van der Waals surface area contributed by atoms with Crippen molar-refractivity contribution in [2.24, 2.45) is 5.92 Å². The quantitative estimate of drug-likeness (QED) is 0.718. The van der Waals surface area contributed by atoms with E-state index in [2.05, 4.69) is 31.0 Å². The molecule has 16 heavy (non-hydrogen) atoms. The first-order valence-corrected chi connectivity index (χ1v) is 6.69. The van der Waals surface area contributed by atoms with E-state index in [9.17, 15) is 0 Å². The number of rotatable bonds is 7. The van der Waals surface area contributed by atoms with Crippen molar-refractivity contribution < 1.29 is 4.74 Å². The van der Waals surface area contributed by atoms with Gasteiger partial charge in [-0.15, -0.1) is 0 Å². The van der Waals surface area contributed by atoms with Crippen LogP contribution in [0, 0.1) is 5.92 Å². The van der Waals surface area contributed by atoms with Crippen molar-refractivity contribution in [3.63, 3.8) is 0 Å². The molecule has 0 saturated carbocycles. The van der Waals surface area contributed by atoms with Crippen LogP contribution in [0.15, 0.2) is 0 Å². The predicted octanol–water partition coefficient (Wildman–Crippen LogP) is 1.73. The summed E-state index contributed by atoms with van der Waals surface area (Å²) in [6, 6.07) is 0.627. The molecule has 0 aromatic heterocycles. The number of nitrogens with one attached hydrogen (secondary N) is 1. The number of likely N-dealkylation sites (N-methyl/N-ethyl adjacent to an activating group) is 1. The molecule has 3 unspecified atom stereocenters. The van der Waals surface area contributed by atoms with Crippen molar-refractivity contribution in [3.8, 4) is 0 Å². The maximum absolute atomic E-state index is 5.72. The number of hydrogen-bond acceptors (Lipinski definition) is 3. The molecule has 3 atom stereocenters. The van der Waals surface area contributed by atoms with Crippen LogP contribution in [0.2, 0.25) is 0 Å². The molecule has 1 N–H and O–H groups in total. The van der Waals surface area contributed by atoms with E-state index in [4.69, 9.17) is 4.74 Å². The zero-order chi connectivity index (χ0) is 12.0. The summed E-state index contributed by atoms with van der Waals surface area (Å²) in [7, 11) is 2.03. The molecule has 0 aromatic carbocycles. The van der Waals surface area contributed by atoms with E-state index in [0.717, 1.165) is 26.2 Å². The molecule has 0 radical (unpaired) electrons. The Morgan fingerprint density at radius 1 is 1.44 bits per heavy atom. The Morgan fingerprint density at radius 3 is 2.69 bits per heavy atom. The average molecular weight is 228 g/mol. The van der Waals surface area contributed by atoms with Crippen LogP contribution < -0.4 is 5.32 Å². The molecule has 3 heteroatoms. The molecule has 96 valence electrons. The van der Waals surface area contributed by atoms with E-state index < -0.39 is 0 Å². The van der Waals surface area contributed by atoms with Crippen LogP contribution in [0.1, 0.15) is 33.6 Å². The maximum atomic E-state index is 5.72. The van der Waals surface area contributed by atoms with Crippen LogP contribution in [0.4, 0.5) is 0 Å². The van der Waals surface area contributed by atoms with Gasteiger partial charge in [-0.1, -0.05) is 13.8 Å². The van der Waals surface area contributed by atoms with Gasteiger partial charge in [0.1, 0.15) is 0 Å². The molecule has 1 aliphatic rings. The van der Waals surface area contributed by atoms with Gasteiger partial charge in [0.2, 0.25) is 0 Å². The highest BCUT2D eigenvalue weighted by Crippen LogP contribution is 2.17. The summed E-state index contributed by atoms with van der Waals surface area (Å²) in [5.41, 5.74) is 0. The van der Waals surface area contributed by atoms with Crippen molar-refractivity contribution in [1.29, 1.82) is 0 Å². The van der Waals surface area contributed by atoms with Gasteiger partial charge in [-0.05, 0) is 45.8 Å². The molecule has 0 aromatic rings. The molecule has 1 heterocycles. The summed E-state index contributed by atoms with van der Waals surface area (Å²) in [6.07, 6.45) is 2.95. The van der Waals surface area contributed by atoms with Crippen molar-refractivity contribution >= 4 is 0 Å². The highest BCUT2D eigenvalue weighted by atomic mass is 16.5. The van der Waals surface area contributed by atoms with E-state index in [1.807, 2.05) is 7.05 Å². The van der Waals surface area contributed by atoms with Crippen LogP contribution in [-0.4, -0.2) is 50.3 Å². The van der Waals surface area contributed by atoms with Crippen molar-refractivity contribution in [3.05, 3.63) is 0 Å². The maximum Gasteiger partial charge on any atom is 0.0702 e. The van der Waals surface area contributed by atoms with E-state index >= 15 is 0 Å². The molecule has 0 spiro atoms. The summed E-state index contributed by atoms with van der Waals surface area (Å²) in [5, 5.41) is 3.26. The topological polar surface area (TPSA) is 24.5 Å². The van der Waals surface area contributed by atoms with Crippen molar-refractivity contribution in [1.82, 2.24) is 10.2 Å². The molecular weight excluding hydrogens is 200 g/mol. The molecule has 3 nitrogen and oxygen atoms in total. The fraction of sp³-hybridized carbons (Fsp3) is 1.00. The fourth-order valence-electron chi connectivity index (χ4n) is 2.49. The van der Waals surface area contributed by atoms with Crippen LogP contribution in [0.3, 0.4) is 0 Å². The van der Waals surface area contributed by atoms with Gasteiger partial charge >= 0.3 is 0 Å². The van der Waals surface area contributed by atoms with Crippen LogP contribution in [-0.2, 0) is 4.74 Å². The molecule has 1 rings (SSSR count). The molecule has 0 amide bonds. The second kappa shape index (κ2) is 7.25. The number of nitrogens with zero attached hydrogens (tertiary/aromatic N) is 1. The minimum Gasteiger partial charge on any atom is -0.377 e. The third kappa shape index (κ3) is 4.04. The fourth-order valence-corrected chi connectivity index (χ4v) is 2.49. The Bertz CT molecular complexity index is 181. The Kier molecular flexibility index (Phi) is 6.32. The smallest absolute Gasteiger partial charge is 0.0702 e. The summed E-state index contributed by atoms with van der Waals surface area (Å²) >= 11 is 0. The first kappa shape index (κ1) is 13.9. The predicted molar refractivity (Wildman–Crippen MR) is 68.8 cm³/mol. The van der Waals surface area contributed by atoms with E-state index in [1.54, 1.807) is 0 Å². The molecule has 1 fully saturated rings. The van der Waals surface area contributed by atoms with Gasteiger partial charge in [0.15, 0.2) is 0 Å². The average Bonchev–Trinajstić information content (AvgIpc) is 2.78. The van der Waals surface area contributed by atoms with Gasteiger partial charge < -0.3 is 10.1 Å². The van der Waals surface area contributed by atoms with E-state index in [0.29, 0.717) is 18.1 Å². The Balaban J connectivity index is 2.38. The summed E-state index contributed by atoms with van der Waals surface area (Å²) in [5.74, 6) is 0.686. The molecule has 0 aliphatic carbocycles. The van der Waals surface area contributed by atoms with Crippen LogP contribution in [0.25, 0.3) is 0 Å². The van der Waals surface area contributed by atoms with E-state index in [1.165, 1.54) is 12.8 Å². The normalized spacial score (nSPS) is 24.9. The first-order valence-electron chi connectivity index (χ1n) is 6.69. The largest absolute Gasteiger partial charge is 0.377 e. The Labute approximate surface area is 101 Å². The first-order chi connectivity index (χ1) is 7.69. The zero-order valence-electron chi connectivity index (χ0n) is 11.3.